The third-order valence-electron chi connectivity index (χ3n) is 3.24. The van der Waals surface area contributed by atoms with Gasteiger partial charge in [-0.25, -0.2) is 24.5 Å². The molecule has 8 nitrogen and oxygen atoms in total. The van der Waals surface area contributed by atoms with Gasteiger partial charge < -0.3 is 11.1 Å². The summed E-state index contributed by atoms with van der Waals surface area (Å²) in [5.41, 5.74) is 6.26. The van der Waals surface area contributed by atoms with Crippen molar-refractivity contribution in [3.8, 4) is 0 Å². The van der Waals surface area contributed by atoms with Crippen molar-refractivity contribution in [2.24, 2.45) is 21.8 Å². The lowest BCUT2D eigenvalue weighted by molar-refractivity contribution is -0.137. The van der Waals surface area contributed by atoms with Crippen LogP contribution < -0.4 is 22.0 Å². The van der Waals surface area contributed by atoms with E-state index in [-0.39, 0.29) is 5.84 Å². The van der Waals surface area contributed by atoms with Crippen LogP contribution in [-0.2, 0) is 16.2 Å². The summed E-state index contributed by atoms with van der Waals surface area (Å²) in [5.74, 6) is 4.58. The molecule has 0 spiro atoms. The van der Waals surface area contributed by atoms with Crippen LogP contribution in [0, 0.1) is 0 Å². The SMILES string of the molecule is N/C(=N\N(N)CS(N)(=O)=O)c1ccccc1Nc1ccc(C(F)(F)F)cc1. The fraction of sp³-hybridized carbons (Fsp3) is 0.133. The number of primary sulfonamides is 1. The first-order valence-electron chi connectivity index (χ1n) is 7.36. The predicted molar refractivity (Wildman–Crippen MR) is 95.9 cm³/mol. The van der Waals surface area contributed by atoms with Gasteiger partial charge in [0.05, 0.1) is 5.56 Å². The normalized spacial score (nSPS) is 12.7. The largest absolute Gasteiger partial charge is 0.416 e. The second-order valence-electron chi connectivity index (χ2n) is 5.46. The highest BCUT2D eigenvalue weighted by molar-refractivity contribution is 7.89. The maximum absolute atomic E-state index is 12.6. The van der Waals surface area contributed by atoms with Crippen LogP contribution in [-0.4, -0.2) is 25.2 Å². The summed E-state index contributed by atoms with van der Waals surface area (Å²) in [7, 11) is -3.90. The molecule has 0 saturated heterocycles. The highest BCUT2D eigenvalue weighted by Gasteiger charge is 2.29. The number of anilines is 2. The smallest absolute Gasteiger partial charge is 0.382 e. The molecule has 7 N–H and O–H groups in total. The number of para-hydroxylation sites is 1. The van der Waals surface area contributed by atoms with Crippen LogP contribution in [0.1, 0.15) is 11.1 Å². The van der Waals surface area contributed by atoms with Gasteiger partial charge in [-0.05, 0) is 36.4 Å². The van der Waals surface area contributed by atoms with Gasteiger partial charge in [-0.15, -0.1) is 5.10 Å². The third-order valence-corrected chi connectivity index (χ3v) is 3.87. The Morgan fingerprint density at radius 2 is 1.70 bits per heavy atom. The van der Waals surface area contributed by atoms with Gasteiger partial charge in [0.25, 0.3) is 0 Å². The van der Waals surface area contributed by atoms with Crippen molar-refractivity contribution < 1.29 is 21.6 Å². The van der Waals surface area contributed by atoms with E-state index in [9.17, 15) is 21.6 Å². The maximum Gasteiger partial charge on any atom is 0.416 e. The summed E-state index contributed by atoms with van der Waals surface area (Å²) >= 11 is 0. The van der Waals surface area contributed by atoms with Crippen LogP contribution in [0.4, 0.5) is 24.5 Å². The van der Waals surface area contributed by atoms with Gasteiger partial charge in [0.15, 0.2) is 11.7 Å². The van der Waals surface area contributed by atoms with Crippen molar-refractivity contribution in [1.29, 1.82) is 0 Å². The number of sulfonamides is 1. The fourth-order valence-corrected chi connectivity index (χ4v) is 2.55. The van der Waals surface area contributed by atoms with E-state index in [2.05, 4.69) is 10.4 Å². The molecule has 0 atom stereocenters. The maximum atomic E-state index is 12.6. The monoisotopic (exact) mass is 402 g/mol. The molecule has 0 aliphatic heterocycles. The van der Waals surface area contributed by atoms with Crippen molar-refractivity contribution in [3.05, 3.63) is 59.7 Å². The summed E-state index contributed by atoms with van der Waals surface area (Å²) < 4.78 is 59.9. The highest BCUT2D eigenvalue weighted by Crippen LogP contribution is 2.30. The molecule has 12 heteroatoms. The Balaban J connectivity index is 2.25. The molecule has 0 amide bonds. The molecule has 0 aliphatic rings. The fourth-order valence-electron chi connectivity index (χ4n) is 2.12. The van der Waals surface area contributed by atoms with E-state index in [4.69, 9.17) is 16.7 Å². The molecule has 0 fully saturated rings. The van der Waals surface area contributed by atoms with Crippen molar-refractivity contribution in [1.82, 2.24) is 5.12 Å². The lowest BCUT2D eigenvalue weighted by atomic mass is 10.1. The zero-order chi connectivity index (χ0) is 20.2. The number of hydrazine groups is 1. The Morgan fingerprint density at radius 1 is 1.11 bits per heavy atom. The molecular formula is C15H17F3N6O2S. The first kappa shape index (κ1) is 20.5. The molecule has 0 unspecified atom stereocenters. The van der Waals surface area contributed by atoms with Gasteiger partial charge in [-0.3, -0.25) is 0 Å². The number of nitrogens with one attached hydrogen (secondary N) is 1. The summed E-state index contributed by atoms with van der Waals surface area (Å²) in [6, 6.07) is 10.9. The van der Waals surface area contributed by atoms with Gasteiger partial charge in [0.2, 0.25) is 10.0 Å². The van der Waals surface area contributed by atoms with Crippen molar-refractivity contribution in [3.63, 3.8) is 0 Å². The second kappa shape index (κ2) is 7.82. The lowest BCUT2D eigenvalue weighted by Gasteiger charge is -2.15. The minimum absolute atomic E-state index is 0.115. The molecule has 146 valence electrons. The number of alkyl halides is 3. The average molecular weight is 402 g/mol. The number of nitrogens with zero attached hydrogens (tertiary/aromatic N) is 2. The van der Waals surface area contributed by atoms with E-state index in [1.165, 1.54) is 12.1 Å². The standard InChI is InChI=1S/C15H17F3N6O2S/c16-15(17,18)10-5-7-11(8-6-10)22-13-4-2-1-3-12(13)14(19)23-24(20)9-27(21,25)26/h1-8,22H,9,20H2,(H2,19,23)(H2,21,25,26). The summed E-state index contributed by atoms with van der Waals surface area (Å²) in [4.78, 5) is 0. The van der Waals surface area contributed by atoms with Crippen molar-refractivity contribution in [2.75, 3.05) is 11.2 Å². The molecule has 0 aliphatic carbocycles. The molecule has 0 heterocycles. The molecule has 2 aromatic carbocycles. The van der Waals surface area contributed by atoms with Crippen LogP contribution >= 0.6 is 0 Å². The molecule has 0 saturated carbocycles. The van der Waals surface area contributed by atoms with E-state index in [0.717, 1.165) is 12.1 Å². The summed E-state index contributed by atoms with van der Waals surface area (Å²) in [5, 5.41) is 12.1. The van der Waals surface area contributed by atoms with Crippen LogP contribution in [0.5, 0.6) is 0 Å². The zero-order valence-electron chi connectivity index (χ0n) is 13.8. The van der Waals surface area contributed by atoms with Gasteiger partial charge in [-0.1, -0.05) is 12.1 Å². The number of hydrogen-bond donors (Lipinski definition) is 4. The first-order chi connectivity index (χ1) is 12.5. The Labute approximate surface area is 153 Å². The molecule has 2 aromatic rings. The Bertz CT molecular complexity index is 929. The first-order valence-corrected chi connectivity index (χ1v) is 9.08. The summed E-state index contributed by atoms with van der Waals surface area (Å²) in [6.07, 6.45) is -4.43. The minimum atomic E-state index is -4.43. The van der Waals surface area contributed by atoms with Gasteiger partial charge >= 0.3 is 6.18 Å². The number of hydrazone groups is 1. The van der Waals surface area contributed by atoms with Gasteiger partial charge in [0, 0.05) is 16.9 Å². The van der Waals surface area contributed by atoms with E-state index in [0.29, 0.717) is 22.1 Å². The van der Waals surface area contributed by atoms with Crippen LogP contribution in [0.3, 0.4) is 0 Å². The Kier molecular flexibility index (Phi) is 5.93. The van der Waals surface area contributed by atoms with Crippen molar-refractivity contribution >= 4 is 27.2 Å². The second-order valence-corrected chi connectivity index (χ2v) is 7.05. The van der Waals surface area contributed by atoms with Crippen LogP contribution in [0.25, 0.3) is 0 Å². The number of benzene rings is 2. The third kappa shape index (κ3) is 6.13. The average Bonchev–Trinajstić information content (AvgIpc) is 2.53. The number of amidine groups is 1. The lowest BCUT2D eigenvalue weighted by Crippen LogP contribution is -2.36. The van der Waals surface area contributed by atoms with E-state index in [1.807, 2.05) is 0 Å². The Hall–Kier alpha value is -2.83. The molecule has 0 bridgehead atoms. The number of rotatable bonds is 6. The molecule has 2 rings (SSSR count). The highest BCUT2D eigenvalue weighted by atomic mass is 32.2. The summed E-state index contributed by atoms with van der Waals surface area (Å²) in [6.45, 7) is 0. The quantitative estimate of drug-likeness (QED) is 0.250. The molecule has 0 aromatic heterocycles. The number of nitrogens with two attached hydrogens (primary N) is 3. The topological polar surface area (TPSA) is 140 Å². The van der Waals surface area contributed by atoms with Gasteiger partial charge in [-0.2, -0.15) is 13.2 Å². The van der Waals surface area contributed by atoms with E-state index in [1.54, 1.807) is 24.3 Å². The van der Waals surface area contributed by atoms with E-state index < -0.39 is 27.6 Å². The van der Waals surface area contributed by atoms with Crippen LogP contribution in [0.2, 0.25) is 0 Å². The molecule has 27 heavy (non-hydrogen) atoms. The number of hydrogen-bond acceptors (Lipinski definition) is 6. The minimum Gasteiger partial charge on any atom is -0.382 e. The van der Waals surface area contributed by atoms with Gasteiger partial charge in [0.1, 0.15) is 0 Å². The zero-order valence-corrected chi connectivity index (χ0v) is 14.6. The molecular weight excluding hydrogens is 385 g/mol. The van der Waals surface area contributed by atoms with Crippen LogP contribution in [0.15, 0.2) is 53.6 Å². The predicted octanol–water partition coefficient (Wildman–Crippen LogP) is 1.49. The van der Waals surface area contributed by atoms with E-state index >= 15 is 0 Å². The van der Waals surface area contributed by atoms with Crippen molar-refractivity contribution in [2.45, 2.75) is 6.18 Å². The molecule has 0 radical (unpaired) electrons. The number of halogens is 3. The Morgan fingerprint density at radius 3 is 2.26 bits per heavy atom.